The molecule has 2 amide bonds. The first kappa shape index (κ1) is 19.9. The minimum absolute atomic E-state index is 0.0220. The Labute approximate surface area is 176 Å². The van der Waals surface area contributed by atoms with E-state index in [0.717, 1.165) is 28.9 Å². The third kappa shape index (κ3) is 4.43. The summed E-state index contributed by atoms with van der Waals surface area (Å²) in [7, 11) is 0. The van der Waals surface area contributed by atoms with E-state index >= 15 is 0 Å². The zero-order valence-electron chi connectivity index (χ0n) is 17.1. The van der Waals surface area contributed by atoms with Crippen molar-refractivity contribution in [3.05, 3.63) is 78.4 Å². The first-order chi connectivity index (χ1) is 14.6. The van der Waals surface area contributed by atoms with Gasteiger partial charge in [0.25, 0.3) is 0 Å². The van der Waals surface area contributed by atoms with Gasteiger partial charge in [0.05, 0.1) is 6.54 Å². The summed E-state index contributed by atoms with van der Waals surface area (Å²) < 4.78 is 0. The molecule has 0 aliphatic carbocycles. The summed E-state index contributed by atoms with van der Waals surface area (Å²) in [4.78, 5) is 36.2. The Hall–Kier alpha value is -3.41. The summed E-state index contributed by atoms with van der Waals surface area (Å²) in [6.45, 7) is 3.03. The molecule has 0 bridgehead atoms. The topological polar surface area (TPSA) is 69.3 Å². The van der Waals surface area contributed by atoms with Gasteiger partial charge >= 0.3 is 0 Å². The number of likely N-dealkylation sites (tertiary alicyclic amines) is 1. The minimum atomic E-state index is -0.388. The number of hydrogen-bond acceptors (Lipinski definition) is 3. The molecule has 6 nitrogen and oxygen atoms in total. The number of nitrogens with one attached hydrogen (secondary N) is 1. The lowest BCUT2D eigenvalue weighted by Crippen LogP contribution is -2.46. The molecule has 1 atom stereocenters. The molecule has 2 heterocycles. The van der Waals surface area contributed by atoms with Crippen molar-refractivity contribution >= 4 is 11.8 Å². The van der Waals surface area contributed by atoms with Crippen molar-refractivity contribution in [3.8, 4) is 11.1 Å². The van der Waals surface area contributed by atoms with E-state index in [1.54, 1.807) is 22.2 Å². The molecule has 3 aromatic rings. The summed E-state index contributed by atoms with van der Waals surface area (Å²) in [5.41, 5.74) is 3.35. The van der Waals surface area contributed by atoms with Gasteiger partial charge in [-0.3, -0.25) is 9.59 Å². The van der Waals surface area contributed by atoms with Crippen LogP contribution < -0.4 is 0 Å². The standard InChI is InChI=1S/C24H26N4O2/c1-18(29)28-15-5-8-22(28)24(30)27(17-23-25-13-14-26-23)16-19-9-11-21(12-10-19)20-6-3-2-4-7-20/h2-4,6-7,9-14,22H,5,8,15-17H2,1H3,(H,25,26)/t22-/m1/s1. The Morgan fingerprint density at radius 1 is 1.07 bits per heavy atom. The smallest absolute Gasteiger partial charge is 0.246 e. The lowest BCUT2D eigenvalue weighted by atomic mass is 10.0. The van der Waals surface area contributed by atoms with E-state index in [4.69, 9.17) is 0 Å². The molecule has 1 N–H and O–H groups in total. The fourth-order valence-electron chi connectivity index (χ4n) is 4.04. The Bertz CT molecular complexity index is 984. The molecule has 6 heteroatoms. The molecule has 0 unspecified atom stereocenters. The quantitative estimate of drug-likeness (QED) is 0.685. The highest BCUT2D eigenvalue weighted by atomic mass is 16.2. The highest BCUT2D eigenvalue weighted by Crippen LogP contribution is 2.23. The van der Waals surface area contributed by atoms with Crippen LogP contribution in [-0.4, -0.2) is 44.2 Å². The van der Waals surface area contributed by atoms with Crippen LogP contribution in [0.15, 0.2) is 67.0 Å². The number of rotatable bonds is 6. The van der Waals surface area contributed by atoms with E-state index < -0.39 is 0 Å². The molecule has 4 rings (SSSR count). The fraction of sp³-hybridized carbons (Fsp3) is 0.292. The zero-order chi connectivity index (χ0) is 20.9. The molecule has 1 fully saturated rings. The maximum atomic E-state index is 13.4. The number of benzene rings is 2. The average molecular weight is 402 g/mol. The van der Waals surface area contributed by atoms with Gasteiger partial charge in [-0.25, -0.2) is 4.98 Å². The van der Waals surface area contributed by atoms with Crippen LogP contribution in [0.5, 0.6) is 0 Å². The van der Waals surface area contributed by atoms with Gasteiger partial charge in [0, 0.05) is 32.4 Å². The van der Waals surface area contributed by atoms with Crippen molar-refractivity contribution in [2.75, 3.05) is 6.54 Å². The van der Waals surface area contributed by atoms with Crippen LogP contribution in [0.4, 0.5) is 0 Å². The van der Waals surface area contributed by atoms with Crippen molar-refractivity contribution in [2.45, 2.75) is 38.9 Å². The van der Waals surface area contributed by atoms with Crippen molar-refractivity contribution in [3.63, 3.8) is 0 Å². The first-order valence-corrected chi connectivity index (χ1v) is 10.3. The second-order valence-corrected chi connectivity index (χ2v) is 7.66. The summed E-state index contributed by atoms with van der Waals surface area (Å²) >= 11 is 0. The van der Waals surface area contributed by atoms with Crippen molar-refractivity contribution in [1.82, 2.24) is 19.8 Å². The zero-order valence-corrected chi connectivity index (χ0v) is 17.1. The van der Waals surface area contributed by atoms with E-state index in [1.165, 1.54) is 6.92 Å². The van der Waals surface area contributed by atoms with E-state index in [0.29, 0.717) is 26.1 Å². The van der Waals surface area contributed by atoms with Crippen LogP contribution in [0.1, 0.15) is 31.2 Å². The SMILES string of the molecule is CC(=O)N1CCC[C@@H]1C(=O)N(Cc1ccc(-c2ccccc2)cc1)Cc1ncc[nH]1. The van der Waals surface area contributed by atoms with Gasteiger partial charge in [-0.2, -0.15) is 0 Å². The number of nitrogens with zero attached hydrogens (tertiary/aromatic N) is 3. The first-order valence-electron chi connectivity index (χ1n) is 10.3. The Morgan fingerprint density at radius 3 is 2.47 bits per heavy atom. The van der Waals surface area contributed by atoms with E-state index in [1.807, 2.05) is 18.2 Å². The summed E-state index contributed by atoms with van der Waals surface area (Å²) in [5, 5.41) is 0. The minimum Gasteiger partial charge on any atom is -0.347 e. The molecule has 154 valence electrons. The molecule has 1 aliphatic heterocycles. The molecule has 2 aromatic carbocycles. The van der Waals surface area contributed by atoms with Crippen LogP contribution in [-0.2, 0) is 22.7 Å². The third-order valence-corrected chi connectivity index (χ3v) is 5.58. The molecule has 30 heavy (non-hydrogen) atoms. The van der Waals surface area contributed by atoms with Crippen LogP contribution >= 0.6 is 0 Å². The Kier molecular flexibility index (Phi) is 5.93. The molecule has 1 aliphatic rings. The molecule has 0 radical (unpaired) electrons. The maximum absolute atomic E-state index is 13.4. The summed E-state index contributed by atoms with van der Waals surface area (Å²) in [5.74, 6) is 0.666. The summed E-state index contributed by atoms with van der Waals surface area (Å²) in [6, 6.07) is 18.1. The predicted molar refractivity (Wildman–Crippen MR) is 115 cm³/mol. The number of aromatic amines is 1. The van der Waals surface area contributed by atoms with E-state index in [9.17, 15) is 9.59 Å². The van der Waals surface area contributed by atoms with Gasteiger partial charge in [-0.1, -0.05) is 54.6 Å². The Morgan fingerprint density at radius 2 is 1.80 bits per heavy atom. The lowest BCUT2D eigenvalue weighted by molar-refractivity contribution is -0.143. The predicted octanol–water partition coefficient (Wildman–Crippen LogP) is 3.62. The second-order valence-electron chi connectivity index (χ2n) is 7.66. The number of imidazole rings is 1. The summed E-state index contributed by atoms with van der Waals surface area (Å²) in [6.07, 6.45) is 5.00. The van der Waals surface area contributed by atoms with E-state index in [-0.39, 0.29) is 17.9 Å². The number of carbonyl (C=O) groups is 2. The highest BCUT2D eigenvalue weighted by Gasteiger charge is 2.35. The fourth-order valence-corrected chi connectivity index (χ4v) is 4.04. The third-order valence-electron chi connectivity index (χ3n) is 5.58. The van der Waals surface area contributed by atoms with E-state index in [2.05, 4.69) is 46.4 Å². The van der Waals surface area contributed by atoms with Gasteiger partial charge in [0.2, 0.25) is 11.8 Å². The van der Waals surface area contributed by atoms with Crippen LogP contribution in [0, 0.1) is 0 Å². The van der Waals surface area contributed by atoms with Crippen LogP contribution in [0.25, 0.3) is 11.1 Å². The normalized spacial score (nSPS) is 15.9. The largest absolute Gasteiger partial charge is 0.347 e. The number of carbonyl (C=O) groups excluding carboxylic acids is 2. The molecule has 1 saturated heterocycles. The number of aromatic nitrogens is 2. The monoisotopic (exact) mass is 402 g/mol. The maximum Gasteiger partial charge on any atom is 0.246 e. The molecular weight excluding hydrogens is 376 g/mol. The molecule has 0 spiro atoms. The van der Waals surface area contributed by atoms with Gasteiger partial charge in [-0.05, 0) is 29.5 Å². The molecule has 0 saturated carbocycles. The molecule has 1 aromatic heterocycles. The van der Waals surface area contributed by atoms with Crippen molar-refractivity contribution < 1.29 is 9.59 Å². The second kappa shape index (κ2) is 8.95. The number of hydrogen-bond donors (Lipinski definition) is 1. The Balaban J connectivity index is 1.54. The van der Waals surface area contributed by atoms with Crippen LogP contribution in [0.3, 0.4) is 0 Å². The highest BCUT2D eigenvalue weighted by molar-refractivity contribution is 5.87. The van der Waals surface area contributed by atoms with Gasteiger partial charge in [-0.15, -0.1) is 0 Å². The van der Waals surface area contributed by atoms with Crippen molar-refractivity contribution in [1.29, 1.82) is 0 Å². The average Bonchev–Trinajstić information content (AvgIpc) is 3.46. The van der Waals surface area contributed by atoms with Gasteiger partial charge in [0.15, 0.2) is 0 Å². The number of H-pyrrole nitrogens is 1. The van der Waals surface area contributed by atoms with Gasteiger partial charge in [0.1, 0.15) is 11.9 Å². The van der Waals surface area contributed by atoms with Crippen molar-refractivity contribution in [2.24, 2.45) is 0 Å². The lowest BCUT2D eigenvalue weighted by Gasteiger charge is -2.29. The number of amides is 2. The molecular formula is C24H26N4O2. The van der Waals surface area contributed by atoms with Gasteiger partial charge < -0.3 is 14.8 Å². The van der Waals surface area contributed by atoms with Crippen LogP contribution in [0.2, 0.25) is 0 Å².